The van der Waals surface area contributed by atoms with Crippen molar-refractivity contribution in [2.75, 3.05) is 26.2 Å². The van der Waals surface area contributed by atoms with Gasteiger partial charge in [0.1, 0.15) is 4.90 Å². The van der Waals surface area contributed by atoms with Crippen LogP contribution in [0.4, 0.5) is 0 Å². The summed E-state index contributed by atoms with van der Waals surface area (Å²) >= 11 is 1.44. The third-order valence-electron chi connectivity index (χ3n) is 5.25. The van der Waals surface area contributed by atoms with E-state index in [2.05, 4.69) is 32.2 Å². The highest BCUT2D eigenvalue weighted by Crippen LogP contribution is 2.23. The fourth-order valence-corrected chi connectivity index (χ4v) is 5.48. The van der Waals surface area contributed by atoms with Crippen molar-refractivity contribution in [2.24, 2.45) is 0 Å². The fourth-order valence-electron chi connectivity index (χ4n) is 3.42. The van der Waals surface area contributed by atoms with E-state index in [0.29, 0.717) is 48.7 Å². The maximum absolute atomic E-state index is 13.0. The Kier molecular flexibility index (Phi) is 7.24. The van der Waals surface area contributed by atoms with Crippen LogP contribution in [0, 0.1) is 0 Å². The lowest BCUT2D eigenvalue weighted by molar-refractivity contribution is 0.181. The zero-order valence-corrected chi connectivity index (χ0v) is 19.8. The summed E-state index contributed by atoms with van der Waals surface area (Å²) in [7, 11) is -3.55. The molecule has 1 aliphatic rings. The van der Waals surface area contributed by atoms with Crippen molar-refractivity contribution in [1.29, 1.82) is 0 Å². The highest BCUT2D eigenvalue weighted by Gasteiger charge is 2.28. The normalized spacial score (nSPS) is 16.0. The van der Waals surface area contributed by atoms with E-state index in [-0.39, 0.29) is 10.8 Å². The molecule has 170 valence electrons. The monoisotopic (exact) mass is 473 g/mol. The first-order valence-electron chi connectivity index (χ1n) is 10.6. The van der Waals surface area contributed by atoms with Crippen molar-refractivity contribution in [3.63, 3.8) is 0 Å². The number of benzene rings is 1. The smallest absolute Gasteiger partial charge is 0.244 e. The van der Waals surface area contributed by atoms with Crippen LogP contribution in [0.2, 0.25) is 0 Å². The van der Waals surface area contributed by atoms with Crippen LogP contribution in [0.5, 0.6) is 0 Å². The third-order valence-corrected chi connectivity index (χ3v) is 8.08. The van der Waals surface area contributed by atoms with Crippen LogP contribution in [0.1, 0.15) is 37.0 Å². The molecule has 1 fully saturated rings. The van der Waals surface area contributed by atoms with Crippen LogP contribution in [-0.2, 0) is 22.3 Å². The summed E-state index contributed by atoms with van der Waals surface area (Å²) in [5, 5.41) is 4.68. The molecule has 0 saturated carbocycles. The molecule has 2 aromatic heterocycles. The van der Waals surface area contributed by atoms with Crippen LogP contribution in [0.3, 0.4) is 0 Å². The van der Waals surface area contributed by atoms with Crippen molar-refractivity contribution in [3.8, 4) is 0 Å². The Balaban J connectivity index is 1.31. The quantitative estimate of drug-likeness (QED) is 0.460. The van der Waals surface area contributed by atoms with Crippen molar-refractivity contribution >= 4 is 21.8 Å². The summed E-state index contributed by atoms with van der Waals surface area (Å²) in [5.74, 6) is 1.91. The minimum absolute atomic E-state index is 0.184. The summed E-state index contributed by atoms with van der Waals surface area (Å²) < 4.78 is 32.8. The molecule has 8 nitrogen and oxygen atoms in total. The number of sulfonamides is 1. The highest BCUT2D eigenvalue weighted by atomic mass is 32.2. The first-order chi connectivity index (χ1) is 15.4. The van der Waals surface area contributed by atoms with E-state index in [0.717, 1.165) is 6.54 Å². The van der Waals surface area contributed by atoms with Crippen molar-refractivity contribution in [3.05, 3.63) is 65.9 Å². The van der Waals surface area contributed by atoms with Gasteiger partial charge < -0.3 is 4.52 Å². The van der Waals surface area contributed by atoms with Gasteiger partial charge >= 0.3 is 0 Å². The molecule has 0 unspecified atom stereocenters. The largest absolute Gasteiger partial charge is 0.339 e. The molecule has 3 heterocycles. The van der Waals surface area contributed by atoms with Gasteiger partial charge in [-0.05, 0) is 17.7 Å². The minimum Gasteiger partial charge on any atom is -0.339 e. The average Bonchev–Trinajstić information content (AvgIpc) is 3.29. The van der Waals surface area contributed by atoms with E-state index >= 15 is 0 Å². The maximum Gasteiger partial charge on any atom is 0.244 e. The molecule has 0 amide bonds. The Labute approximate surface area is 193 Å². The lowest BCUT2D eigenvalue weighted by Gasteiger charge is -2.33. The van der Waals surface area contributed by atoms with Crippen LogP contribution in [0.15, 0.2) is 63.1 Å². The van der Waals surface area contributed by atoms with Gasteiger partial charge in [-0.2, -0.15) is 9.29 Å². The number of thioether (sulfide) groups is 1. The Morgan fingerprint density at radius 3 is 2.44 bits per heavy atom. The molecule has 1 saturated heterocycles. The summed E-state index contributed by atoms with van der Waals surface area (Å²) in [6.07, 6.45) is 1.43. The number of pyridine rings is 1. The molecule has 32 heavy (non-hydrogen) atoms. The van der Waals surface area contributed by atoms with E-state index in [1.807, 2.05) is 32.0 Å². The summed E-state index contributed by atoms with van der Waals surface area (Å²) in [4.78, 5) is 11.2. The first kappa shape index (κ1) is 22.9. The van der Waals surface area contributed by atoms with Crippen LogP contribution < -0.4 is 0 Å². The lowest BCUT2D eigenvalue weighted by atomic mass is 10.2. The lowest BCUT2D eigenvalue weighted by Crippen LogP contribution is -2.48. The zero-order chi connectivity index (χ0) is 22.6. The first-order valence-corrected chi connectivity index (χ1v) is 13.0. The number of nitrogens with zero attached hydrogens (tertiary/aromatic N) is 5. The van der Waals surface area contributed by atoms with E-state index in [1.165, 1.54) is 23.5 Å². The average molecular weight is 474 g/mol. The topological polar surface area (TPSA) is 92.4 Å². The molecule has 1 aromatic carbocycles. The molecule has 0 spiro atoms. The number of rotatable bonds is 8. The molecule has 3 aromatic rings. The fraction of sp³-hybridized carbons (Fsp3) is 0.409. The van der Waals surface area contributed by atoms with E-state index in [1.54, 1.807) is 16.4 Å². The predicted molar refractivity (Wildman–Crippen MR) is 123 cm³/mol. The second kappa shape index (κ2) is 10.1. The van der Waals surface area contributed by atoms with Crippen molar-refractivity contribution in [2.45, 2.75) is 42.0 Å². The number of hydrogen-bond acceptors (Lipinski definition) is 8. The van der Waals surface area contributed by atoms with Gasteiger partial charge in [0.05, 0.1) is 10.8 Å². The maximum atomic E-state index is 13.0. The van der Waals surface area contributed by atoms with Gasteiger partial charge in [0.15, 0.2) is 5.82 Å². The molecule has 1 aliphatic heterocycles. The van der Waals surface area contributed by atoms with Gasteiger partial charge in [-0.15, -0.1) is 0 Å². The molecule has 4 rings (SSSR count). The Morgan fingerprint density at radius 1 is 1.06 bits per heavy atom. The van der Waals surface area contributed by atoms with Gasteiger partial charge in [-0.1, -0.05) is 61.1 Å². The number of piperazine rings is 1. The molecule has 0 atom stereocenters. The molecule has 0 N–H and O–H groups in total. The van der Waals surface area contributed by atoms with Crippen LogP contribution in [0.25, 0.3) is 0 Å². The van der Waals surface area contributed by atoms with Crippen molar-refractivity contribution < 1.29 is 12.9 Å². The minimum atomic E-state index is -3.55. The Morgan fingerprint density at radius 2 is 1.81 bits per heavy atom. The molecule has 0 radical (unpaired) electrons. The van der Waals surface area contributed by atoms with E-state index in [4.69, 9.17) is 4.52 Å². The molecule has 10 heteroatoms. The Hall–Kier alpha value is -2.27. The number of hydrogen-bond donors (Lipinski definition) is 0. The van der Waals surface area contributed by atoms with Gasteiger partial charge in [0.25, 0.3) is 0 Å². The molecule has 0 aliphatic carbocycles. The SMILES string of the molecule is CC(C)c1nc(CSc2ccc(S(=O)(=O)N3CCN(Cc4ccccc4)CC3)cn2)no1. The number of aromatic nitrogens is 3. The van der Waals surface area contributed by atoms with E-state index < -0.39 is 10.0 Å². The predicted octanol–water partition coefficient (Wildman–Crippen LogP) is 3.39. The second-order valence-corrected chi connectivity index (χ2v) is 10.9. The summed E-state index contributed by atoms with van der Waals surface area (Å²) in [5.41, 5.74) is 1.24. The van der Waals surface area contributed by atoms with Gasteiger partial charge in [-0.3, -0.25) is 4.90 Å². The third kappa shape index (κ3) is 5.55. The van der Waals surface area contributed by atoms with Gasteiger partial charge in [-0.25, -0.2) is 13.4 Å². The highest BCUT2D eigenvalue weighted by molar-refractivity contribution is 7.98. The van der Waals surface area contributed by atoms with Crippen molar-refractivity contribution in [1.82, 2.24) is 24.3 Å². The molecular formula is C22H27N5O3S2. The van der Waals surface area contributed by atoms with E-state index in [9.17, 15) is 8.42 Å². The summed E-state index contributed by atoms with van der Waals surface area (Å²) in [6.45, 7) is 7.18. The molecular weight excluding hydrogens is 446 g/mol. The molecule has 0 bridgehead atoms. The summed E-state index contributed by atoms with van der Waals surface area (Å²) in [6, 6.07) is 13.6. The van der Waals surface area contributed by atoms with Gasteiger partial charge in [0.2, 0.25) is 15.9 Å². The standard InChI is InChI=1S/C22H27N5O3S2/c1-17(2)22-24-20(25-30-22)16-31-21-9-8-19(14-23-21)32(28,29)27-12-10-26(11-13-27)15-18-6-4-3-5-7-18/h3-9,14,17H,10-13,15-16H2,1-2H3. The second-order valence-electron chi connectivity index (χ2n) is 7.99. The zero-order valence-electron chi connectivity index (χ0n) is 18.2. The Bertz CT molecular complexity index is 1110. The van der Waals surface area contributed by atoms with Crippen LogP contribution >= 0.6 is 11.8 Å². The van der Waals surface area contributed by atoms with Crippen LogP contribution in [-0.4, -0.2) is 58.9 Å². The van der Waals surface area contributed by atoms with Gasteiger partial charge in [0, 0.05) is 44.8 Å².